The highest BCUT2D eigenvalue weighted by atomic mass is 16.5. The number of hydrogen-bond acceptors (Lipinski definition) is 4. The summed E-state index contributed by atoms with van der Waals surface area (Å²) >= 11 is 0. The third-order valence-corrected chi connectivity index (χ3v) is 5.02. The van der Waals surface area contributed by atoms with E-state index in [9.17, 15) is 4.79 Å². The van der Waals surface area contributed by atoms with Crippen molar-refractivity contribution in [2.75, 3.05) is 20.2 Å². The van der Waals surface area contributed by atoms with Gasteiger partial charge in [-0.15, -0.1) is 6.42 Å². The van der Waals surface area contributed by atoms with Gasteiger partial charge in [0.2, 0.25) is 0 Å². The molecule has 1 aliphatic heterocycles. The summed E-state index contributed by atoms with van der Waals surface area (Å²) in [5.41, 5.74) is 4.28. The summed E-state index contributed by atoms with van der Waals surface area (Å²) in [5.74, 6) is 2.65. The summed E-state index contributed by atoms with van der Waals surface area (Å²) in [5, 5.41) is 0. The van der Waals surface area contributed by atoms with Crippen molar-refractivity contribution in [3.05, 3.63) is 34.7 Å². The van der Waals surface area contributed by atoms with Gasteiger partial charge in [-0.1, -0.05) is 5.92 Å². The smallest absolute Gasteiger partial charge is 0.177 e. The van der Waals surface area contributed by atoms with Crippen molar-refractivity contribution in [1.82, 2.24) is 9.88 Å². The van der Waals surface area contributed by atoms with Crippen LogP contribution in [0.15, 0.2) is 17.8 Å². The highest BCUT2D eigenvalue weighted by Crippen LogP contribution is 2.36. The second kappa shape index (κ2) is 5.82. The third-order valence-electron chi connectivity index (χ3n) is 5.02. The van der Waals surface area contributed by atoms with Crippen LogP contribution in [0.4, 0.5) is 0 Å². The summed E-state index contributed by atoms with van der Waals surface area (Å²) in [6, 6.07) is 2.04. The van der Waals surface area contributed by atoms with Crippen molar-refractivity contribution >= 4 is 11.5 Å². The fraction of sp³-hybridized carbons (Fsp3) is 0.474. The zero-order chi connectivity index (χ0) is 16.6. The number of carbonyl (C=O) groups is 1. The maximum atomic E-state index is 12.4. The Kier molecular flexibility index (Phi) is 3.99. The van der Waals surface area contributed by atoms with E-state index in [2.05, 4.69) is 22.7 Å². The van der Waals surface area contributed by atoms with Crippen LogP contribution in [0.2, 0.25) is 0 Å². The Morgan fingerprint density at radius 2 is 2.09 bits per heavy atom. The predicted octanol–water partition coefficient (Wildman–Crippen LogP) is 2.36. The molecule has 0 N–H and O–H groups in total. The van der Waals surface area contributed by atoms with Crippen molar-refractivity contribution in [3.8, 4) is 12.3 Å². The first-order valence-corrected chi connectivity index (χ1v) is 7.97. The molecule has 120 valence electrons. The second-order valence-corrected chi connectivity index (χ2v) is 6.59. The van der Waals surface area contributed by atoms with Crippen LogP contribution in [0.25, 0.3) is 5.70 Å². The van der Waals surface area contributed by atoms with E-state index in [1.165, 1.54) is 0 Å². The largest absolute Gasteiger partial charge is 0.378 e. The predicted molar refractivity (Wildman–Crippen MR) is 89.7 cm³/mol. The fourth-order valence-electron chi connectivity index (χ4n) is 3.36. The van der Waals surface area contributed by atoms with Crippen LogP contribution < -0.4 is 0 Å². The molecule has 0 saturated carbocycles. The number of carbonyl (C=O) groups excluding carboxylic acids is 1. The lowest BCUT2D eigenvalue weighted by Crippen LogP contribution is -2.43. The SMILES string of the molecule is C#CC1=C(N2CCC(C)(OC)CC2)c2cc(C)ncc2CC1=O. The number of methoxy groups -OCH3 is 1. The number of aryl methyl sites for hydroxylation is 1. The average molecular weight is 310 g/mol. The van der Waals surface area contributed by atoms with Gasteiger partial charge in [0.1, 0.15) is 0 Å². The lowest BCUT2D eigenvalue weighted by Gasteiger charge is -2.41. The minimum Gasteiger partial charge on any atom is -0.378 e. The minimum atomic E-state index is -0.0942. The molecule has 2 aliphatic rings. The molecule has 0 atom stereocenters. The second-order valence-electron chi connectivity index (χ2n) is 6.59. The molecule has 1 aromatic heterocycles. The molecule has 4 nitrogen and oxygen atoms in total. The fourth-order valence-corrected chi connectivity index (χ4v) is 3.36. The summed E-state index contributed by atoms with van der Waals surface area (Å²) in [4.78, 5) is 19.0. The molecule has 0 radical (unpaired) electrons. The van der Waals surface area contributed by atoms with Gasteiger partial charge in [0.15, 0.2) is 5.78 Å². The number of nitrogens with zero attached hydrogens (tertiary/aromatic N) is 2. The topological polar surface area (TPSA) is 42.4 Å². The van der Waals surface area contributed by atoms with Gasteiger partial charge >= 0.3 is 0 Å². The van der Waals surface area contributed by atoms with E-state index in [1.54, 1.807) is 13.3 Å². The van der Waals surface area contributed by atoms with Crippen LogP contribution >= 0.6 is 0 Å². The molecule has 0 spiro atoms. The molecule has 4 heteroatoms. The molecule has 1 aliphatic carbocycles. The first kappa shape index (κ1) is 15.8. The van der Waals surface area contributed by atoms with E-state index < -0.39 is 0 Å². The van der Waals surface area contributed by atoms with E-state index in [0.717, 1.165) is 48.4 Å². The number of aromatic nitrogens is 1. The lowest BCUT2D eigenvalue weighted by atomic mass is 9.86. The van der Waals surface area contributed by atoms with Crippen molar-refractivity contribution in [1.29, 1.82) is 0 Å². The Labute approximate surface area is 137 Å². The number of allylic oxidation sites excluding steroid dienone is 1. The molecular formula is C19H22N2O2. The van der Waals surface area contributed by atoms with E-state index in [1.807, 2.05) is 13.0 Å². The summed E-state index contributed by atoms with van der Waals surface area (Å²) in [6.07, 6.45) is 9.65. The highest BCUT2D eigenvalue weighted by Gasteiger charge is 2.34. The van der Waals surface area contributed by atoms with E-state index in [0.29, 0.717) is 12.0 Å². The molecule has 23 heavy (non-hydrogen) atoms. The molecule has 0 bridgehead atoms. The molecule has 1 fully saturated rings. The number of likely N-dealkylation sites (tertiary alicyclic amines) is 1. The molecule has 1 aromatic rings. The Morgan fingerprint density at radius 1 is 1.39 bits per heavy atom. The zero-order valence-corrected chi connectivity index (χ0v) is 14.0. The van der Waals surface area contributed by atoms with Gasteiger partial charge in [-0.25, -0.2) is 0 Å². The van der Waals surface area contributed by atoms with Crippen LogP contribution in [0, 0.1) is 19.3 Å². The van der Waals surface area contributed by atoms with Crippen molar-refractivity contribution < 1.29 is 9.53 Å². The van der Waals surface area contributed by atoms with Gasteiger partial charge in [-0.05, 0) is 38.3 Å². The van der Waals surface area contributed by atoms with Gasteiger partial charge in [0.05, 0.1) is 16.9 Å². The van der Waals surface area contributed by atoms with Gasteiger partial charge in [-0.3, -0.25) is 9.78 Å². The minimum absolute atomic E-state index is 0.0146. The van der Waals surface area contributed by atoms with Crippen molar-refractivity contribution in [3.63, 3.8) is 0 Å². The van der Waals surface area contributed by atoms with Crippen LogP contribution in [0.1, 0.15) is 36.6 Å². The zero-order valence-electron chi connectivity index (χ0n) is 14.0. The number of pyridine rings is 1. The number of ether oxygens (including phenoxy) is 1. The van der Waals surface area contributed by atoms with Crippen LogP contribution in [0.5, 0.6) is 0 Å². The molecule has 1 saturated heterocycles. The van der Waals surface area contributed by atoms with E-state index >= 15 is 0 Å². The number of fused-ring (bicyclic) bond motifs is 1. The Balaban J connectivity index is 2.03. The first-order chi connectivity index (χ1) is 11.0. The maximum Gasteiger partial charge on any atom is 0.177 e. The number of hydrogen-bond donors (Lipinski definition) is 0. The number of ketones is 1. The molecule has 0 aromatic carbocycles. The summed E-state index contributed by atoms with van der Waals surface area (Å²) in [7, 11) is 1.76. The van der Waals surface area contributed by atoms with E-state index in [4.69, 9.17) is 11.2 Å². The van der Waals surface area contributed by atoms with Gasteiger partial charge in [0, 0.05) is 44.1 Å². The average Bonchev–Trinajstić information content (AvgIpc) is 2.55. The lowest BCUT2D eigenvalue weighted by molar-refractivity contribution is -0.114. The highest BCUT2D eigenvalue weighted by molar-refractivity contribution is 6.10. The maximum absolute atomic E-state index is 12.4. The van der Waals surface area contributed by atoms with Crippen LogP contribution in [0.3, 0.4) is 0 Å². The molecular weight excluding hydrogens is 288 g/mol. The summed E-state index contributed by atoms with van der Waals surface area (Å²) in [6.45, 7) is 5.76. The molecule has 0 amide bonds. The number of rotatable bonds is 2. The Morgan fingerprint density at radius 3 is 2.70 bits per heavy atom. The van der Waals surface area contributed by atoms with Gasteiger partial charge < -0.3 is 9.64 Å². The Bertz CT molecular complexity index is 719. The van der Waals surface area contributed by atoms with Gasteiger partial charge in [0.25, 0.3) is 0 Å². The van der Waals surface area contributed by atoms with E-state index in [-0.39, 0.29) is 11.4 Å². The number of piperidine rings is 1. The molecule has 3 rings (SSSR count). The summed E-state index contributed by atoms with van der Waals surface area (Å²) < 4.78 is 5.62. The van der Waals surface area contributed by atoms with Crippen LogP contribution in [-0.2, 0) is 16.0 Å². The van der Waals surface area contributed by atoms with Crippen molar-refractivity contribution in [2.24, 2.45) is 0 Å². The van der Waals surface area contributed by atoms with Gasteiger partial charge in [-0.2, -0.15) is 0 Å². The van der Waals surface area contributed by atoms with Crippen molar-refractivity contribution in [2.45, 2.75) is 38.7 Å². The number of terminal acetylenes is 1. The monoisotopic (exact) mass is 310 g/mol. The normalized spacial score (nSPS) is 20.3. The first-order valence-electron chi connectivity index (χ1n) is 7.97. The molecule has 2 heterocycles. The third kappa shape index (κ3) is 2.77. The number of Topliss-reactive ketones (excluding diaryl/α,β-unsaturated/α-hetero) is 1. The Hall–Kier alpha value is -2.12. The molecule has 0 unspecified atom stereocenters. The standard InChI is InChI=1S/C19H22N2O2/c1-5-15-17(22)11-14-12-20-13(2)10-16(14)18(15)21-8-6-19(3,23-4)7-9-21/h1,10,12H,6-9,11H2,2-4H3. The van der Waals surface area contributed by atoms with Crippen LogP contribution in [-0.4, -0.2) is 41.5 Å². The quantitative estimate of drug-likeness (QED) is 0.787.